The lowest BCUT2D eigenvalue weighted by atomic mass is 9.87. The van der Waals surface area contributed by atoms with Crippen LogP contribution in [-0.4, -0.2) is 70.1 Å². The number of hydrogen-bond donors (Lipinski definition) is 2. The first-order chi connectivity index (χ1) is 16.0. The Hall–Kier alpha value is -3.04. The number of aromatic nitrogens is 4. The fourth-order valence-corrected chi connectivity index (χ4v) is 5.89. The summed E-state index contributed by atoms with van der Waals surface area (Å²) in [5.41, 5.74) is 3.26. The molecule has 0 spiro atoms. The number of thiophene rings is 1. The van der Waals surface area contributed by atoms with Gasteiger partial charge in [-0.25, -0.2) is 9.97 Å². The predicted molar refractivity (Wildman–Crippen MR) is 133 cm³/mol. The minimum Gasteiger partial charge on any atom is -0.345 e. The molecule has 3 aromatic heterocycles. The van der Waals surface area contributed by atoms with Gasteiger partial charge < -0.3 is 15.1 Å². The first-order valence-electron chi connectivity index (χ1n) is 11.3. The fraction of sp³-hybridized carbons (Fsp3) is 0.417. The lowest BCUT2D eigenvalue weighted by Crippen LogP contribution is -2.36. The quantitative estimate of drug-likeness (QED) is 0.433. The molecule has 0 radical (unpaired) electrons. The van der Waals surface area contributed by atoms with E-state index in [0.717, 1.165) is 71.4 Å². The molecule has 0 saturated heterocycles. The minimum atomic E-state index is 0.0442. The normalized spacial score (nSPS) is 15.8. The Kier molecular flexibility index (Phi) is 5.99. The molecule has 0 saturated carbocycles. The van der Waals surface area contributed by atoms with Crippen LogP contribution in [-0.2, 0) is 17.6 Å². The molecule has 2 N–H and O–H groups in total. The molecular weight excluding hydrogens is 434 g/mol. The van der Waals surface area contributed by atoms with Crippen molar-refractivity contribution in [3.63, 3.8) is 0 Å². The molecule has 5 rings (SSSR count). The van der Waals surface area contributed by atoms with Crippen molar-refractivity contribution in [2.45, 2.75) is 25.7 Å². The highest BCUT2D eigenvalue weighted by Gasteiger charge is 2.30. The van der Waals surface area contributed by atoms with Crippen LogP contribution in [0.4, 0.5) is 11.5 Å². The number of rotatable bonds is 7. The average Bonchev–Trinajstić information content (AvgIpc) is 3.42. The Balaban J connectivity index is 1.35. The number of nitrogens with one attached hydrogen (secondary N) is 2. The molecular formula is C24H29N7OS. The van der Waals surface area contributed by atoms with Crippen molar-refractivity contribution in [2.75, 3.05) is 39.5 Å². The average molecular weight is 464 g/mol. The highest BCUT2D eigenvalue weighted by Crippen LogP contribution is 2.40. The lowest BCUT2D eigenvalue weighted by Gasteiger charge is -2.27. The van der Waals surface area contributed by atoms with Gasteiger partial charge >= 0.3 is 0 Å². The summed E-state index contributed by atoms with van der Waals surface area (Å²) in [5.74, 6) is 1.13. The zero-order chi connectivity index (χ0) is 22.9. The third-order valence-electron chi connectivity index (χ3n) is 6.37. The van der Waals surface area contributed by atoms with Gasteiger partial charge in [0.05, 0.1) is 17.1 Å². The van der Waals surface area contributed by atoms with E-state index in [1.807, 2.05) is 30.3 Å². The zero-order valence-electron chi connectivity index (χ0n) is 19.3. The van der Waals surface area contributed by atoms with Crippen LogP contribution in [0.15, 0.2) is 30.7 Å². The SMILES string of the molecule is CN(C)CCCN(C)C(=O)[C@H]1CCc2c(sc3ncnc(Nc4ccc5[nH]ncc5c4)c23)C1. The molecule has 1 atom stereocenters. The second kappa shape index (κ2) is 9.07. The third kappa shape index (κ3) is 4.43. The molecule has 172 valence electrons. The van der Waals surface area contributed by atoms with Crippen LogP contribution in [0.25, 0.3) is 21.1 Å². The monoisotopic (exact) mass is 463 g/mol. The Morgan fingerprint density at radius 3 is 2.97 bits per heavy atom. The molecule has 0 unspecified atom stereocenters. The van der Waals surface area contributed by atoms with Crippen LogP contribution in [0.2, 0.25) is 0 Å². The van der Waals surface area contributed by atoms with Gasteiger partial charge in [-0.3, -0.25) is 9.89 Å². The Labute approximate surface area is 197 Å². The van der Waals surface area contributed by atoms with E-state index in [-0.39, 0.29) is 11.8 Å². The second-order valence-electron chi connectivity index (χ2n) is 9.06. The summed E-state index contributed by atoms with van der Waals surface area (Å²) in [6.07, 6.45) is 6.95. The van der Waals surface area contributed by atoms with Gasteiger partial charge in [0.25, 0.3) is 0 Å². The highest BCUT2D eigenvalue weighted by molar-refractivity contribution is 7.19. The minimum absolute atomic E-state index is 0.0442. The predicted octanol–water partition coefficient (Wildman–Crippen LogP) is 3.83. The van der Waals surface area contributed by atoms with E-state index in [2.05, 4.69) is 50.5 Å². The van der Waals surface area contributed by atoms with Crippen LogP contribution in [0, 0.1) is 5.92 Å². The largest absolute Gasteiger partial charge is 0.345 e. The van der Waals surface area contributed by atoms with E-state index in [1.165, 1.54) is 10.4 Å². The van der Waals surface area contributed by atoms with Crippen molar-refractivity contribution in [3.8, 4) is 0 Å². The van der Waals surface area contributed by atoms with Gasteiger partial charge in [-0.15, -0.1) is 11.3 Å². The molecule has 4 aromatic rings. The lowest BCUT2D eigenvalue weighted by molar-refractivity contribution is -0.134. The van der Waals surface area contributed by atoms with Crippen molar-refractivity contribution in [3.05, 3.63) is 41.2 Å². The number of hydrogen-bond acceptors (Lipinski definition) is 7. The van der Waals surface area contributed by atoms with Crippen LogP contribution in [0.5, 0.6) is 0 Å². The third-order valence-corrected chi connectivity index (χ3v) is 7.53. The van der Waals surface area contributed by atoms with Crippen molar-refractivity contribution in [1.82, 2.24) is 30.0 Å². The number of H-pyrrole nitrogens is 1. The van der Waals surface area contributed by atoms with Crippen LogP contribution < -0.4 is 5.32 Å². The van der Waals surface area contributed by atoms with Crippen molar-refractivity contribution < 1.29 is 4.79 Å². The Morgan fingerprint density at radius 1 is 1.24 bits per heavy atom. The number of nitrogens with zero attached hydrogens (tertiary/aromatic N) is 5. The molecule has 1 amide bonds. The number of anilines is 2. The number of carbonyl (C=O) groups excluding carboxylic acids is 1. The summed E-state index contributed by atoms with van der Waals surface area (Å²) in [5, 5.41) is 12.7. The van der Waals surface area contributed by atoms with Crippen molar-refractivity contribution in [1.29, 1.82) is 0 Å². The van der Waals surface area contributed by atoms with Gasteiger partial charge in [0.2, 0.25) is 5.91 Å². The van der Waals surface area contributed by atoms with Crippen LogP contribution in [0.1, 0.15) is 23.3 Å². The molecule has 33 heavy (non-hydrogen) atoms. The van der Waals surface area contributed by atoms with Crippen molar-refractivity contribution >= 4 is 49.9 Å². The molecule has 0 fully saturated rings. The molecule has 3 heterocycles. The summed E-state index contributed by atoms with van der Waals surface area (Å²) in [6, 6.07) is 6.10. The molecule has 1 aromatic carbocycles. The second-order valence-corrected chi connectivity index (χ2v) is 10.1. The van der Waals surface area contributed by atoms with E-state index in [4.69, 9.17) is 0 Å². The van der Waals surface area contributed by atoms with E-state index in [1.54, 1.807) is 17.7 Å². The number of amides is 1. The zero-order valence-corrected chi connectivity index (χ0v) is 20.1. The van der Waals surface area contributed by atoms with E-state index in [9.17, 15) is 4.79 Å². The molecule has 9 heteroatoms. The first-order valence-corrected chi connectivity index (χ1v) is 12.2. The molecule has 0 aliphatic heterocycles. The maximum Gasteiger partial charge on any atom is 0.225 e. The van der Waals surface area contributed by atoms with E-state index < -0.39 is 0 Å². The smallest absolute Gasteiger partial charge is 0.225 e. The highest BCUT2D eigenvalue weighted by atomic mass is 32.1. The van der Waals surface area contributed by atoms with Crippen molar-refractivity contribution in [2.24, 2.45) is 5.92 Å². The summed E-state index contributed by atoms with van der Waals surface area (Å²) < 4.78 is 0. The maximum absolute atomic E-state index is 13.1. The van der Waals surface area contributed by atoms with Gasteiger partial charge in [0.1, 0.15) is 17.0 Å². The molecule has 0 bridgehead atoms. The van der Waals surface area contributed by atoms with Gasteiger partial charge in [0.15, 0.2) is 0 Å². The number of aryl methyl sites for hydroxylation is 1. The molecule has 1 aliphatic carbocycles. The number of fused-ring (bicyclic) bond motifs is 4. The van der Waals surface area contributed by atoms with E-state index in [0.29, 0.717) is 0 Å². The Morgan fingerprint density at radius 2 is 2.12 bits per heavy atom. The summed E-state index contributed by atoms with van der Waals surface area (Å²) in [7, 11) is 6.06. The van der Waals surface area contributed by atoms with Gasteiger partial charge in [-0.2, -0.15) is 5.10 Å². The Bertz CT molecular complexity index is 1290. The number of benzene rings is 1. The van der Waals surface area contributed by atoms with Gasteiger partial charge in [-0.05, 0) is 70.1 Å². The van der Waals surface area contributed by atoms with Gasteiger partial charge in [-0.1, -0.05) is 0 Å². The summed E-state index contributed by atoms with van der Waals surface area (Å²) >= 11 is 1.70. The molecule has 8 nitrogen and oxygen atoms in total. The molecule has 1 aliphatic rings. The fourth-order valence-electron chi connectivity index (χ4n) is 4.62. The standard InChI is InChI=1S/C24H29N7OS/c1-30(2)9-4-10-31(3)24(32)15-5-7-18-20(12-15)33-23-21(18)22(25-14-26-23)28-17-6-8-19-16(11-17)13-27-29-19/h6,8,11,13-15H,4-5,7,9-10,12H2,1-3H3,(H,27,29)(H,25,26,28)/t15-/m0/s1. The van der Waals surface area contributed by atoms with Crippen LogP contribution >= 0.6 is 11.3 Å². The summed E-state index contributed by atoms with van der Waals surface area (Å²) in [4.78, 5) is 28.5. The van der Waals surface area contributed by atoms with Crippen LogP contribution in [0.3, 0.4) is 0 Å². The maximum atomic E-state index is 13.1. The van der Waals surface area contributed by atoms with E-state index >= 15 is 0 Å². The van der Waals surface area contributed by atoms with Gasteiger partial charge in [0, 0.05) is 35.5 Å². The first kappa shape index (κ1) is 21.8. The summed E-state index contributed by atoms with van der Waals surface area (Å²) in [6.45, 7) is 1.79. The topological polar surface area (TPSA) is 90.0 Å². The number of carbonyl (C=O) groups is 1. The number of aromatic amines is 1.